The van der Waals surface area contributed by atoms with Crippen LogP contribution in [0.3, 0.4) is 0 Å². The Balaban J connectivity index is 1.69. The number of carboxylic acid groups (broad SMARTS) is 1. The van der Waals surface area contributed by atoms with Crippen molar-refractivity contribution in [3.63, 3.8) is 0 Å². The summed E-state index contributed by atoms with van der Waals surface area (Å²) in [6.45, 7) is 1.96. The van der Waals surface area contributed by atoms with Crippen LogP contribution in [0.5, 0.6) is 5.75 Å². The molecule has 0 unspecified atom stereocenters. The fourth-order valence-corrected chi connectivity index (χ4v) is 3.37. The summed E-state index contributed by atoms with van der Waals surface area (Å²) < 4.78 is 1.65. The number of rotatable bonds is 6. The van der Waals surface area contributed by atoms with E-state index in [1.807, 2.05) is 25.1 Å². The highest BCUT2D eigenvalue weighted by atomic mass is 35.5. The summed E-state index contributed by atoms with van der Waals surface area (Å²) in [4.78, 5) is 11.1. The third-order valence-corrected chi connectivity index (χ3v) is 5.09. The molecular weight excluding hydrogens is 428 g/mol. The number of benzene rings is 3. The molecule has 160 valence electrons. The Kier molecular flexibility index (Phi) is 5.91. The van der Waals surface area contributed by atoms with E-state index in [1.54, 1.807) is 53.5 Å². The Hall–Kier alpha value is -4.10. The van der Waals surface area contributed by atoms with E-state index in [2.05, 4.69) is 15.6 Å². The van der Waals surface area contributed by atoms with Crippen molar-refractivity contribution in [2.75, 3.05) is 5.43 Å². The van der Waals surface area contributed by atoms with Crippen molar-refractivity contribution < 1.29 is 15.0 Å². The summed E-state index contributed by atoms with van der Waals surface area (Å²) in [7, 11) is 0. The molecule has 7 nitrogen and oxygen atoms in total. The van der Waals surface area contributed by atoms with Gasteiger partial charge in [-0.3, -0.25) is 5.43 Å². The number of aryl methyl sites for hydroxylation is 1. The number of halogens is 1. The number of nitrogens with one attached hydrogen (secondary N) is 1. The van der Waals surface area contributed by atoms with Crippen LogP contribution in [0.4, 0.5) is 5.69 Å². The van der Waals surface area contributed by atoms with Crippen LogP contribution >= 0.6 is 11.6 Å². The molecule has 0 atom stereocenters. The summed E-state index contributed by atoms with van der Waals surface area (Å²) in [6, 6.07) is 18.7. The average Bonchev–Trinajstić information content (AvgIpc) is 3.20. The Labute approximate surface area is 189 Å². The molecule has 0 radical (unpaired) electrons. The highest BCUT2D eigenvalue weighted by Crippen LogP contribution is 2.26. The van der Waals surface area contributed by atoms with Gasteiger partial charge in [-0.1, -0.05) is 17.7 Å². The Morgan fingerprint density at radius 2 is 1.81 bits per heavy atom. The molecule has 0 fully saturated rings. The quantitative estimate of drug-likeness (QED) is 0.274. The van der Waals surface area contributed by atoms with Crippen LogP contribution in [-0.4, -0.2) is 32.2 Å². The number of anilines is 1. The van der Waals surface area contributed by atoms with Gasteiger partial charge in [0.05, 0.1) is 28.2 Å². The van der Waals surface area contributed by atoms with Gasteiger partial charge in [0.2, 0.25) is 0 Å². The van der Waals surface area contributed by atoms with E-state index < -0.39 is 5.97 Å². The summed E-state index contributed by atoms with van der Waals surface area (Å²) >= 11 is 6.25. The zero-order valence-corrected chi connectivity index (χ0v) is 17.8. The maximum absolute atomic E-state index is 11.1. The monoisotopic (exact) mass is 446 g/mol. The van der Waals surface area contributed by atoms with Gasteiger partial charge in [0.15, 0.2) is 0 Å². The van der Waals surface area contributed by atoms with E-state index in [0.717, 1.165) is 11.1 Å². The number of phenolic OH excluding ortho intramolecular Hbond substituents is 1. The standard InChI is InChI=1S/C24H19ClN4O3/c1-15-2-11-22(21(25)12-15)27-26-13-18-14-29(19-7-3-17(4-8-19)24(31)32)28-23(18)16-5-9-20(30)10-6-16/h2-14,27,30H,1H3,(H,31,32)/b26-13+. The number of aromatic carboxylic acids is 1. The maximum atomic E-state index is 11.1. The topological polar surface area (TPSA) is 99.7 Å². The lowest BCUT2D eigenvalue weighted by atomic mass is 10.1. The summed E-state index contributed by atoms with van der Waals surface area (Å²) in [5, 5.41) is 28.3. The first kappa shape index (κ1) is 21.1. The van der Waals surface area contributed by atoms with Gasteiger partial charge in [0, 0.05) is 17.3 Å². The van der Waals surface area contributed by atoms with Crippen molar-refractivity contribution >= 4 is 29.5 Å². The second-order valence-electron chi connectivity index (χ2n) is 7.13. The largest absolute Gasteiger partial charge is 0.508 e. The molecule has 0 bridgehead atoms. The number of hydrazone groups is 1. The lowest BCUT2D eigenvalue weighted by molar-refractivity contribution is 0.0697. The molecule has 3 N–H and O–H groups in total. The van der Waals surface area contributed by atoms with Gasteiger partial charge in [0.25, 0.3) is 0 Å². The van der Waals surface area contributed by atoms with Crippen molar-refractivity contribution in [3.8, 4) is 22.7 Å². The fourth-order valence-electron chi connectivity index (χ4n) is 3.10. The van der Waals surface area contributed by atoms with Crippen LogP contribution < -0.4 is 5.43 Å². The fraction of sp³-hybridized carbons (Fsp3) is 0.0417. The highest BCUT2D eigenvalue weighted by Gasteiger charge is 2.12. The third kappa shape index (κ3) is 4.63. The minimum Gasteiger partial charge on any atom is -0.508 e. The van der Waals surface area contributed by atoms with E-state index in [0.29, 0.717) is 27.7 Å². The minimum atomic E-state index is -0.990. The molecule has 1 aromatic heterocycles. The first-order valence-corrected chi connectivity index (χ1v) is 10.1. The molecule has 4 rings (SSSR count). The average molecular weight is 447 g/mol. The first-order valence-electron chi connectivity index (χ1n) is 9.69. The smallest absolute Gasteiger partial charge is 0.335 e. The molecule has 4 aromatic rings. The van der Waals surface area contributed by atoms with Crippen molar-refractivity contribution in [3.05, 3.63) is 94.6 Å². The molecule has 8 heteroatoms. The molecule has 0 saturated heterocycles. The molecule has 1 heterocycles. The van der Waals surface area contributed by atoms with Crippen LogP contribution in [0.2, 0.25) is 5.02 Å². The predicted octanol–water partition coefficient (Wildman–Crippen LogP) is 5.35. The van der Waals surface area contributed by atoms with Gasteiger partial charge >= 0.3 is 5.97 Å². The number of carbonyl (C=O) groups is 1. The van der Waals surface area contributed by atoms with Gasteiger partial charge in [0.1, 0.15) is 11.4 Å². The number of phenols is 1. The summed E-state index contributed by atoms with van der Waals surface area (Å²) in [5.74, 6) is -0.834. The molecule has 0 aliphatic heterocycles. The van der Waals surface area contributed by atoms with Crippen molar-refractivity contribution in [1.29, 1.82) is 0 Å². The van der Waals surface area contributed by atoms with Gasteiger partial charge in [-0.2, -0.15) is 10.2 Å². The van der Waals surface area contributed by atoms with Gasteiger partial charge in [-0.05, 0) is 73.2 Å². The van der Waals surface area contributed by atoms with E-state index in [1.165, 1.54) is 12.1 Å². The first-order chi connectivity index (χ1) is 15.4. The van der Waals surface area contributed by atoms with E-state index in [4.69, 9.17) is 16.7 Å². The predicted molar refractivity (Wildman–Crippen MR) is 125 cm³/mol. The highest BCUT2D eigenvalue weighted by molar-refractivity contribution is 6.33. The normalized spacial score (nSPS) is 11.1. The van der Waals surface area contributed by atoms with Crippen LogP contribution in [0.25, 0.3) is 16.9 Å². The third-order valence-electron chi connectivity index (χ3n) is 4.78. The lowest BCUT2D eigenvalue weighted by Gasteiger charge is -2.04. The Bertz CT molecular complexity index is 1300. The van der Waals surface area contributed by atoms with Crippen molar-refractivity contribution in [2.45, 2.75) is 6.92 Å². The lowest BCUT2D eigenvalue weighted by Crippen LogP contribution is -1.98. The second-order valence-corrected chi connectivity index (χ2v) is 7.54. The van der Waals surface area contributed by atoms with Crippen LogP contribution in [0, 0.1) is 6.92 Å². The zero-order chi connectivity index (χ0) is 22.7. The van der Waals surface area contributed by atoms with E-state index >= 15 is 0 Å². The number of hydrogen-bond acceptors (Lipinski definition) is 5. The summed E-state index contributed by atoms with van der Waals surface area (Å²) in [5.41, 5.74) is 7.71. The molecule has 3 aromatic carbocycles. The number of hydrogen-bond donors (Lipinski definition) is 3. The second kappa shape index (κ2) is 8.95. The van der Waals surface area contributed by atoms with Crippen molar-refractivity contribution in [2.24, 2.45) is 5.10 Å². The molecule has 0 aliphatic rings. The van der Waals surface area contributed by atoms with E-state index in [9.17, 15) is 9.90 Å². The molecule has 0 aliphatic carbocycles. The zero-order valence-electron chi connectivity index (χ0n) is 17.0. The van der Waals surface area contributed by atoms with E-state index in [-0.39, 0.29) is 11.3 Å². The molecule has 0 saturated carbocycles. The molecule has 0 amide bonds. The molecular formula is C24H19ClN4O3. The van der Waals surface area contributed by atoms with Crippen LogP contribution in [0.15, 0.2) is 78.0 Å². The number of carboxylic acids is 1. The number of aromatic hydroxyl groups is 1. The van der Waals surface area contributed by atoms with Gasteiger partial charge in [-0.25, -0.2) is 9.48 Å². The molecule has 0 spiro atoms. The van der Waals surface area contributed by atoms with Gasteiger partial charge < -0.3 is 10.2 Å². The Morgan fingerprint density at radius 3 is 2.47 bits per heavy atom. The van der Waals surface area contributed by atoms with Crippen LogP contribution in [-0.2, 0) is 0 Å². The maximum Gasteiger partial charge on any atom is 0.335 e. The summed E-state index contributed by atoms with van der Waals surface area (Å²) in [6.07, 6.45) is 3.42. The van der Waals surface area contributed by atoms with Gasteiger partial charge in [-0.15, -0.1) is 0 Å². The molecule has 32 heavy (non-hydrogen) atoms. The Morgan fingerprint density at radius 1 is 1.09 bits per heavy atom. The van der Waals surface area contributed by atoms with Crippen molar-refractivity contribution in [1.82, 2.24) is 9.78 Å². The SMILES string of the molecule is Cc1ccc(N/N=C/c2cn(-c3ccc(C(=O)O)cc3)nc2-c2ccc(O)cc2)c(Cl)c1. The number of nitrogens with zero attached hydrogens (tertiary/aromatic N) is 3. The van der Waals surface area contributed by atoms with Crippen LogP contribution in [0.1, 0.15) is 21.5 Å². The number of aromatic nitrogens is 2. The minimum absolute atomic E-state index is 0.156.